The predicted molar refractivity (Wildman–Crippen MR) is 72.4 cm³/mol. The smallest absolute Gasteiger partial charge is 0.407 e. The maximum Gasteiger partial charge on any atom is 0.407 e. The van der Waals surface area contributed by atoms with Crippen molar-refractivity contribution < 1.29 is 9.53 Å². The number of ether oxygens (including phenoxy) is 1. The van der Waals surface area contributed by atoms with Gasteiger partial charge in [-0.15, -0.1) is 0 Å². The number of fused-ring (bicyclic) bond motifs is 2. The average molecular weight is 253 g/mol. The van der Waals surface area contributed by atoms with Crippen LogP contribution in [0.3, 0.4) is 0 Å². The average Bonchev–Trinajstić information content (AvgIpc) is 2.62. The lowest BCUT2D eigenvalue weighted by Crippen LogP contribution is -2.40. The summed E-state index contributed by atoms with van der Waals surface area (Å²) in [5.41, 5.74) is 0.473. The summed E-state index contributed by atoms with van der Waals surface area (Å²) in [5, 5.41) is 2.85. The molecule has 3 nitrogen and oxygen atoms in total. The van der Waals surface area contributed by atoms with Gasteiger partial charge in [-0.2, -0.15) is 0 Å². The molecule has 104 valence electrons. The summed E-state index contributed by atoms with van der Waals surface area (Å²) in [6, 6.07) is 0. The minimum Gasteiger partial charge on any atom is -0.446 e. The van der Waals surface area contributed by atoms with Crippen LogP contribution in [0.15, 0.2) is 0 Å². The Bertz CT molecular complexity index is 326. The molecule has 1 N–H and O–H groups in total. The number of unbranched alkanes of at least 4 members (excludes halogenated alkanes) is 1. The van der Waals surface area contributed by atoms with Gasteiger partial charge in [-0.25, -0.2) is 4.79 Å². The van der Waals surface area contributed by atoms with Crippen molar-refractivity contribution in [1.82, 2.24) is 5.32 Å². The summed E-state index contributed by atoms with van der Waals surface area (Å²) in [5.74, 6) is 0.718. The fourth-order valence-corrected chi connectivity index (χ4v) is 3.85. The molecule has 2 aliphatic carbocycles. The van der Waals surface area contributed by atoms with Gasteiger partial charge in [0.2, 0.25) is 0 Å². The number of alkyl carbamates (subject to hydrolysis) is 1. The van der Waals surface area contributed by atoms with Crippen molar-refractivity contribution in [1.29, 1.82) is 0 Å². The SMILES string of the molecule is CCCCNC(=O)OC1CC2CCC1(C)C2(C)C. The van der Waals surface area contributed by atoms with E-state index in [4.69, 9.17) is 4.74 Å². The van der Waals surface area contributed by atoms with E-state index in [2.05, 4.69) is 33.0 Å². The van der Waals surface area contributed by atoms with E-state index in [0.717, 1.165) is 31.7 Å². The summed E-state index contributed by atoms with van der Waals surface area (Å²) in [6.45, 7) is 9.81. The molecular formula is C15H27NO2. The van der Waals surface area contributed by atoms with Crippen LogP contribution in [0.2, 0.25) is 0 Å². The number of nitrogens with one attached hydrogen (secondary N) is 1. The van der Waals surface area contributed by atoms with Gasteiger partial charge in [0, 0.05) is 12.0 Å². The molecule has 1 amide bonds. The first-order valence-corrected chi connectivity index (χ1v) is 7.36. The maximum atomic E-state index is 11.8. The number of carbonyl (C=O) groups is 1. The van der Waals surface area contributed by atoms with Crippen molar-refractivity contribution in [2.24, 2.45) is 16.7 Å². The van der Waals surface area contributed by atoms with Crippen molar-refractivity contribution in [3.8, 4) is 0 Å². The third-order valence-electron chi connectivity index (χ3n) is 5.76. The largest absolute Gasteiger partial charge is 0.446 e. The van der Waals surface area contributed by atoms with Crippen LogP contribution in [0, 0.1) is 16.7 Å². The Balaban J connectivity index is 1.90. The molecule has 0 aromatic heterocycles. The lowest BCUT2D eigenvalue weighted by Gasteiger charge is -2.38. The van der Waals surface area contributed by atoms with Crippen molar-refractivity contribution in [3.05, 3.63) is 0 Å². The van der Waals surface area contributed by atoms with Crippen LogP contribution in [0.25, 0.3) is 0 Å². The molecule has 2 saturated carbocycles. The van der Waals surface area contributed by atoms with Crippen LogP contribution in [-0.2, 0) is 4.74 Å². The number of carbonyl (C=O) groups excluding carboxylic acids is 1. The van der Waals surface area contributed by atoms with Crippen LogP contribution in [0.4, 0.5) is 4.79 Å². The standard InChI is InChI=1S/C15H27NO2/c1-5-6-9-16-13(17)18-12-10-11-7-8-15(12,4)14(11,2)3/h11-12H,5-10H2,1-4H3,(H,16,17). The van der Waals surface area contributed by atoms with Crippen LogP contribution >= 0.6 is 0 Å². The van der Waals surface area contributed by atoms with Gasteiger partial charge in [0.05, 0.1) is 0 Å². The number of hydrogen-bond acceptors (Lipinski definition) is 2. The molecule has 2 bridgehead atoms. The number of amides is 1. The van der Waals surface area contributed by atoms with E-state index in [1.807, 2.05) is 0 Å². The number of hydrogen-bond donors (Lipinski definition) is 1. The van der Waals surface area contributed by atoms with E-state index in [0.29, 0.717) is 5.41 Å². The van der Waals surface area contributed by atoms with Gasteiger partial charge < -0.3 is 10.1 Å². The molecule has 2 rings (SSSR count). The molecule has 18 heavy (non-hydrogen) atoms. The molecule has 3 unspecified atom stereocenters. The second kappa shape index (κ2) is 4.75. The Morgan fingerprint density at radius 1 is 1.39 bits per heavy atom. The second-order valence-electron chi connectivity index (χ2n) is 6.78. The Morgan fingerprint density at radius 3 is 2.61 bits per heavy atom. The second-order valence-corrected chi connectivity index (χ2v) is 6.78. The van der Waals surface area contributed by atoms with Crippen molar-refractivity contribution in [3.63, 3.8) is 0 Å². The monoisotopic (exact) mass is 253 g/mol. The Hall–Kier alpha value is -0.730. The van der Waals surface area contributed by atoms with Gasteiger partial charge in [0.1, 0.15) is 6.10 Å². The molecule has 2 fully saturated rings. The third kappa shape index (κ3) is 2.02. The van der Waals surface area contributed by atoms with E-state index < -0.39 is 0 Å². The van der Waals surface area contributed by atoms with E-state index in [1.54, 1.807) is 0 Å². The highest BCUT2D eigenvalue weighted by Crippen LogP contribution is 2.66. The van der Waals surface area contributed by atoms with Gasteiger partial charge in [0.25, 0.3) is 0 Å². The molecule has 0 aliphatic heterocycles. The van der Waals surface area contributed by atoms with Crippen molar-refractivity contribution in [2.75, 3.05) is 6.54 Å². The lowest BCUT2D eigenvalue weighted by atomic mass is 9.70. The van der Waals surface area contributed by atoms with Gasteiger partial charge in [-0.3, -0.25) is 0 Å². The molecular weight excluding hydrogens is 226 g/mol. The third-order valence-corrected chi connectivity index (χ3v) is 5.76. The van der Waals surface area contributed by atoms with Crippen LogP contribution in [0.5, 0.6) is 0 Å². The van der Waals surface area contributed by atoms with Gasteiger partial charge >= 0.3 is 6.09 Å². The Morgan fingerprint density at radius 2 is 2.11 bits per heavy atom. The first-order chi connectivity index (χ1) is 8.41. The first-order valence-electron chi connectivity index (χ1n) is 7.36. The van der Waals surface area contributed by atoms with E-state index in [-0.39, 0.29) is 17.6 Å². The topological polar surface area (TPSA) is 38.3 Å². The predicted octanol–water partition coefficient (Wildman–Crippen LogP) is 3.73. The van der Waals surface area contributed by atoms with Gasteiger partial charge in [0.15, 0.2) is 0 Å². The van der Waals surface area contributed by atoms with Gasteiger partial charge in [-0.05, 0) is 37.0 Å². The van der Waals surface area contributed by atoms with Gasteiger partial charge in [-0.1, -0.05) is 34.1 Å². The summed E-state index contributed by atoms with van der Waals surface area (Å²) in [4.78, 5) is 11.8. The highest BCUT2D eigenvalue weighted by atomic mass is 16.6. The van der Waals surface area contributed by atoms with Crippen LogP contribution < -0.4 is 5.32 Å². The zero-order valence-electron chi connectivity index (χ0n) is 12.2. The number of rotatable bonds is 4. The minimum absolute atomic E-state index is 0.105. The fraction of sp³-hybridized carbons (Fsp3) is 0.933. The molecule has 0 aromatic carbocycles. The Labute approximate surface area is 111 Å². The van der Waals surface area contributed by atoms with E-state index >= 15 is 0 Å². The summed E-state index contributed by atoms with van der Waals surface area (Å²) < 4.78 is 5.68. The maximum absolute atomic E-state index is 11.8. The quantitative estimate of drug-likeness (QED) is 0.775. The molecule has 0 aromatic rings. The zero-order chi connectivity index (χ0) is 13.4. The van der Waals surface area contributed by atoms with Crippen LogP contribution in [-0.4, -0.2) is 18.7 Å². The highest BCUT2D eigenvalue weighted by Gasteiger charge is 2.62. The molecule has 0 spiro atoms. The highest BCUT2D eigenvalue weighted by molar-refractivity contribution is 5.67. The minimum atomic E-state index is -0.224. The molecule has 0 radical (unpaired) electrons. The van der Waals surface area contributed by atoms with Crippen molar-refractivity contribution in [2.45, 2.75) is 65.9 Å². The summed E-state index contributed by atoms with van der Waals surface area (Å²) in [7, 11) is 0. The van der Waals surface area contributed by atoms with Crippen LogP contribution in [0.1, 0.15) is 59.8 Å². The fourth-order valence-electron chi connectivity index (χ4n) is 3.85. The van der Waals surface area contributed by atoms with E-state index in [1.165, 1.54) is 12.8 Å². The molecule has 0 heterocycles. The lowest BCUT2D eigenvalue weighted by molar-refractivity contribution is -0.00414. The zero-order valence-corrected chi connectivity index (χ0v) is 12.2. The first kappa shape index (κ1) is 13.7. The molecule has 3 heteroatoms. The molecule has 0 saturated heterocycles. The van der Waals surface area contributed by atoms with E-state index in [9.17, 15) is 4.79 Å². The molecule has 3 atom stereocenters. The van der Waals surface area contributed by atoms with Crippen molar-refractivity contribution >= 4 is 6.09 Å². The normalized spacial score (nSPS) is 36.7. The summed E-state index contributed by atoms with van der Waals surface area (Å²) in [6.07, 6.45) is 5.52. The molecule has 2 aliphatic rings. The summed E-state index contributed by atoms with van der Waals surface area (Å²) >= 11 is 0. The Kier molecular flexibility index (Phi) is 3.61.